The van der Waals surface area contributed by atoms with E-state index in [1.165, 1.54) is 0 Å². The summed E-state index contributed by atoms with van der Waals surface area (Å²) in [6.45, 7) is 1.96. The smallest absolute Gasteiger partial charge is 0.203 e. The van der Waals surface area contributed by atoms with Gasteiger partial charge in [-0.15, -0.1) is 0 Å². The standard InChI is InChI=1S/C12H16O3/c1-5-6-9-7-10(13-2)12(15-4)11(8-9)14-3/h5-8H,1-4H3. The summed E-state index contributed by atoms with van der Waals surface area (Å²) in [5.74, 6) is 1.96. The van der Waals surface area contributed by atoms with Gasteiger partial charge >= 0.3 is 0 Å². The summed E-state index contributed by atoms with van der Waals surface area (Å²) in [7, 11) is 4.81. The second-order valence-corrected chi connectivity index (χ2v) is 2.96. The van der Waals surface area contributed by atoms with Crippen LogP contribution in [0.4, 0.5) is 0 Å². The minimum Gasteiger partial charge on any atom is -0.493 e. The molecule has 15 heavy (non-hydrogen) atoms. The van der Waals surface area contributed by atoms with Gasteiger partial charge in [0.05, 0.1) is 21.3 Å². The zero-order valence-corrected chi connectivity index (χ0v) is 9.53. The molecule has 82 valence electrons. The Morgan fingerprint density at radius 2 is 1.47 bits per heavy atom. The highest BCUT2D eigenvalue weighted by atomic mass is 16.5. The van der Waals surface area contributed by atoms with Crippen molar-refractivity contribution in [1.29, 1.82) is 0 Å². The van der Waals surface area contributed by atoms with E-state index in [1.54, 1.807) is 21.3 Å². The third-order valence-corrected chi connectivity index (χ3v) is 2.05. The van der Waals surface area contributed by atoms with Crippen molar-refractivity contribution < 1.29 is 14.2 Å². The Morgan fingerprint density at radius 1 is 0.933 bits per heavy atom. The van der Waals surface area contributed by atoms with E-state index in [-0.39, 0.29) is 0 Å². The third kappa shape index (κ3) is 2.43. The molecule has 0 aliphatic carbocycles. The summed E-state index contributed by atoms with van der Waals surface area (Å²) in [4.78, 5) is 0. The Labute approximate surface area is 90.3 Å². The molecule has 0 saturated heterocycles. The SMILES string of the molecule is CC=Cc1cc(OC)c(OC)c(OC)c1. The van der Waals surface area contributed by atoms with Crippen LogP contribution >= 0.6 is 0 Å². The number of hydrogen-bond donors (Lipinski definition) is 0. The zero-order valence-electron chi connectivity index (χ0n) is 9.53. The molecule has 1 aromatic carbocycles. The van der Waals surface area contributed by atoms with Gasteiger partial charge in [-0.2, -0.15) is 0 Å². The average molecular weight is 208 g/mol. The lowest BCUT2D eigenvalue weighted by atomic mass is 10.1. The molecule has 0 fully saturated rings. The predicted octanol–water partition coefficient (Wildman–Crippen LogP) is 2.75. The van der Waals surface area contributed by atoms with Gasteiger partial charge in [0.15, 0.2) is 11.5 Å². The van der Waals surface area contributed by atoms with Crippen molar-refractivity contribution in [1.82, 2.24) is 0 Å². The topological polar surface area (TPSA) is 27.7 Å². The van der Waals surface area contributed by atoms with Crippen LogP contribution in [0.5, 0.6) is 17.2 Å². The molecule has 0 heterocycles. The van der Waals surface area contributed by atoms with Gasteiger partial charge in [-0.1, -0.05) is 12.2 Å². The van der Waals surface area contributed by atoms with Gasteiger partial charge in [0.2, 0.25) is 5.75 Å². The van der Waals surface area contributed by atoms with Crippen molar-refractivity contribution in [3.05, 3.63) is 23.8 Å². The number of rotatable bonds is 4. The zero-order chi connectivity index (χ0) is 11.3. The first kappa shape index (κ1) is 11.4. The summed E-state index contributed by atoms with van der Waals surface area (Å²) in [5, 5.41) is 0. The maximum Gasteiger partial charge on any atom is 0.203 e. The normalized spacial score (nSPS) is 10.4. The molecule has 1 rings (SSSR count). The first-order chi connectivity index (χ1) is 7.26. The molecule has 3 heteroatoms. The fourth-order valence-corrected chi connectivity index (χ4v) is 1.39. The molecule has 1 aromatic rings. The highest BCUT2D eigenvalue weighted by molar-refractivity contribution is 5.61. The third-order valence-electron chi connectivity index (χ3n) is 2.05. The van der Waals surface area contributed by atoms with Crippen LogP contribution in [-0.2, 0) is 0 Å². The summed E-state index contributed by atoms with van der Waals surface area (Å²) in [6, 6.07) is 3.81. The highest BCUT2D eigenvalue weighted by Crippen LogP contribution is 2.38. The number of ether oxygens (including phenoxy) is 3. The molecule has 0 amide bonds. The minimum absolute atomic E-state index is 0.619. The van der Waals surface area contributed by atoms with E-state index in [9.17, 15) is 0 Å². The molecular formula is C12H16O3. The van der Waals surface area contributed by atoms with Gasteiger partial charge in [0.1, 0.15) is 0 Å². The van der Waals surface area contributed by atoms with E-state index in [0.717, 1.165) is 5.56 Å². The molecule has 0 saturated carbocycles. The Kier molecular flexibility index (Phi) is 4.03. The predicted molar refractivity (Wildman–Crippen MR) is 60.8 cm³/mol. The van der Waals surface area contributed by atoms with E-state index in [0.29, 0.717) is 17.2 Å². The highest BCUT2D eigenvalue weighted by Gasteiger charge is 2.11. The maximum atomic E-state index is 5.23. The fourth-order valence-electron chi connectivity index (χ4n) is 1.39. The first-order valence-corrected chi connectivity index (χ1v) is 4.69. The van der Waals surface area contributed by atoms with Gasteiger partial charge in [-0.05, 0) is 24.6 Å². The number of benzene rings is 1. The molecule has 0 unspecified atom stereocenters. The quantitative estimate of drug-likeness (QED) is 0.761. The molecule has 0 bridgehead atoms. The lowest BCUT2D eigenvalue weighted by Gasteiger charge is -2.12. The van der Waals surface area contributed by atoms with E-state index in [4.69, 9.17) is 14.2 Å². The fraction of sp³-hybridized carbons (Fsp3) is 0.333. The Hall–Kier alpha value is -1.64. The second kappa shape index (κ2) is 5.29. The molecule has 0 aliphatic heterocycles. The van der Waals surface area contributed by atoms with Gasteiger partial charge in [-0.25, -0.2) is 0 Å². The van der Waals surface area contributed by atoms with E-state index < -0.39 is 0 Å². The van der Waals surface area contributed by atoms with Crippen molar-refractivity contribution in [3.8, 4) is 17.2 Å². The largest absolute Gasteiger partial charge is 0.493 e. The Balaban J connectivity index is 3.28. The maximum absolute atomic E-state index is 5.23. The van der Waals surface area contributed by atoms with Crippen molar-refractivity contribution in [3.63, 3.8) is 0 Å². The minimum atomic E-state index is 0.619. The molecular weight excluding hydrogens is 192 g/mol. The Bertz CT molecular complexity index is 331. The molecule has 0 aromatic heterocycles. The van der Waals surface area contributed by atoms with Crippen LogP contribution in [0.25, 0.3) is 6.08 Å². The van der Waals surface area contributed by atoms with Gasteiger partial charge in [0, 0.05) is 0 Å². The molecule has 0 atom stereocenters. The summed E-state index contributed by atoms with van der Waals surface area (Å²) < 4.78 is 15.7. The van der Waals surface area contributed by atoms with Crippen LogP contribution in [0.1, 0.15) is 12.5 Å². The lowest BCUT2D eigenvalue weighted by Crippen LogP contribution is -1.95. The van der Waals surface area contributed by atoms with Gasteiger partial charge in [-0.3, -0.25) is 0 Å². The first-order valence-electron chi connectivity index (χ1n) is 4.69. The number of hydrogen-bond acceptors (Lipinski definition) is 3. The summed E-state index contributed by atoms with van der Waals surface area (Å²) in [6.07, 6.45) is 3.94. The van der Waals surface area contributed by atoms with E-state index in [1.807, 2.05) is 31.2 Å². The monoisotopic (exact) mass is 208 g/mol. The van der Waals surface area contributed by atoms with Crippen molar-refractivity contribution >= 4 is 6.08 Å². The summed E-state index contributed by atoms with van der Waals surface area (Å²) in [5.41, 5.74) is 1.02. The van der Waals surface area contributed by atoms with E-state index >= 15 is 0 Å². The molecule has 0 N–H and O–H groups in total. The number of allylic oxidation sites excluding steroid dienone is 1. The number of methoxy groups -OCH3 is 3. The van der Waals surface area contributed by atoms with Crippen LogP contribution in [0, 0.1) is 0 Å². The Morgan fingerprint density at radius 3 is 1.80 bits per heavy atom. The molecule has 3 nitrogen and oxygen atoms in total. The van der Waals surface area contributed by atoms with Crippen molar-refractivity contribution in [2.75, 3.05) is 21.3 Å². The van der Waals surface area contributed by atoms with Crippen LogP contribution in [0.3, 0.4) is 0 Å². The average Bonchev–Trinajstić information content (AvgIpc) is 2.28. The van der Waals surface area contributed by atoms with Gasteiger partial charge < -0.3 is 14.2 Å². The molecule has 0 spiro atoms. The summed E-state index contributed by atoms with van der Waals surface area (Å²) >= 11 is 0. The molecule has 0 aliphatic rings. The van der Waals surface area contributed by atoms with Crippen LogP contribution < -0.4 is 14.2 Å². The van der Waals surface area contributed by atoms with Crippen LogP contribution in [0.15, 0.2) is 18.2 Å². The second-order valence-electron chi connectivity index (χ2n) is 2.96. The van der Waals surface area contributed by atoms with Gasteiger partial charge in [0.25, 0.3) is 0 Å². The molecule has 0 radical (unpaired) electrons. The van der Waals surface area contributed by atoms with Crippen molar-refractivity contribution in [2.24, 2.45) is 0 Å². The van der Waals surface area contributed by atoms with Crippen LogP contribution in [0.2, 0.25) is 0 Å². The van der Waals surface area contributed by atoms with Crippen molar-refractivity contribution in [2.45, 2.75) is 6.92 Å². The lowest BCUT2D eigenvalue weighted by molar-refractivity contribution is 0.324. The van der Waals surface area contributed by atoms with E-state index in [2.05, 4.69) is 0 Å². The van der Waals surface area contributed by atoms with Crippen LogP contribution in [-0.4, -0.2) is 21.3 Å².